The number of rotatable bonds is 8. The van der Waals surface area contributed by atoms with Crippen molar-refractivity contribution in [2.75, 3.05) is 13.2 Å². The van der Waals surface area contributed by atoms with E-state index < -0.39 is 0 Å². The van der Waals surface area contributed by atoms with E-state index in [4.69, 9.17) is 39.1 Å². The Bertz CT molecular complexity index is 815. The molecule has 0 spiro atoms. The molecule has 26 heavy (non-hydrogen) atoms. The van der Waals surface area contributed by atoms with Gasteiger partial charge in [0.15, 0.2) is 11.5 Å². The van der Waals surface area contributed by atoms with Crippen LogP contribution in [-0.2, 0) is 6.54 Å². The summed E-state index contributed by atoms with van der Waals surface area (Å²) in [6.07, 6.45) is 6.96. The van der Waals surface area contributed by atoms with Gasteiger partial charge >= 0.3 is 0 Å². The predicted molar refractivity (Wildman–Crippen MR) is 116 cm³/mol. The largest absolute Gasteiger partial charge is 0.490 e. The maximum Gasteiger partial charge on any atom is 0.175 e. The monoisotopic (exact) mass is 502 g/mol. The summed E-state index contributed by atoms with van der Waals surface area (Å²) in [5.41, 5.74) is 4.62. The number of ether oxygens (including phenoxy) is 2. The Morgan fingerprint density at radius 2 is 2.00 bits per heavy atom. The second-order valence-corrected chi connectivity index (χ2v) is 7.03. The van der Waals surface area contributed by atoms with Crippen LogP contribution < -0.4 is 14.9 Å². The summed E-state index contributed by atoms with van der Waals surface area (Å²) in [4.78, 5) is 0. The number of nitrogens with one attached hydrogen (secondary N) is 1. The number of halogens is 3. The zero-order valence-electron chi connectivity index (χ0n) is 14.1. The van der Waals surface area contributed by atoms with Crippen molar-refractivity contribution >= 4 is 52.0 Å². The smallest absolute Gasteiger partial charge is 0.175 e. The fourth-order valence-electron chi connectivity index (χ4n) is 2.13. The molecule has 0 unspecified atom stereocenters. The lowest BCUT2D eigenvalue weighted by Gasteiger charge is -2.13. The summed E-state index contributed by atoms with van der Waals surface area (Å²) in [5.74, 6) is 3.72. The zero-order valence-corrected chi connectivity index (χ0v) is 17.7. The van der Waals surface area contributed by atoms with Crippen LogP contribution in [0.2, 0.25) is 10.0 Å². The Labute approximate surface area is 177 Å². The van der Waals surface area contributed by atoms with Gasteiger partial charge in [-0.15, -0.1) is 6.42 Å². The molecule has 2 aromatic rings. The van der Waals surface area contributed by atoms with Gasteiger partial charge in [0.2, 0.25) is 0 Å². The van der Waals surface area contributed by atoms with Crippen LogP contribution in [0.3, 0.4) is 0 Å². The van der Waals surface area contributed by atoms with Crippen LogP contribution in [0.15, 0.2) is 35.4 Å². The maximum absolute atomic E-state index is 6.14. The molecule has 0 saturated heterocycles. The third kappa shape index (κ3) is 5.70. The molecule has 0 aliphatic carbocycles. The van der Waals surface area contributed by atoms with Gasteiger partial charge < -0.3 is 14.9 Å². The van der Waals surface area contributed by atoms with Crippen molar-refractivity contribution in [2.45, 2.75) is 13.5 Å². The zero-order chi connectivity index (χ0) is 18.9. The lowest BCUT2D eigenvalue weighted by atomic mass is 10.2. The highest BCUT2D eigenvalue weighted by Gasteiger charge is 2.11. The van der Waals surface area contributed by atoms with Crippen LogP contribution in [0.1, 0.15) is 18.1 Å². The number of hydrogen-bond acceptors (Lipinski definition) is 4. The summed E-state index contributed by atoms with van der Waals surface area (Å²) >= 11 is 14.5. The quantitative estimate of drug-likeness (QED) is 0.235. The first-order valence-electron chi connectivity index (χ1n) is 7.78. The molecule has 0 aliphatic heterocycles. The molecule has 1 N–H and O–H groups in total. The van der Waals surface area contributed by atoms with Crippen molar-refractivity contribution in [1.29, 1.82) is 0 Å². The van der Waals surface area contributed by atoms with Gasteiger partial charge in [0.1, 0.15) is 6.61 Å². The van der Waals surface area contributed by atoms with Crippen LogP contribution in [-0.4, -0.2) is 19.4 Å². The molecule has 0 radical (unpaired) electrons. The summed E-state index contributed by atoms with van der Waals surface area (Å²) in [7, 11) is 0. The summed E-state index contributed by atoms with van der Waals surface area (Å²) < 4.78 is 12.1. The van der Waals surface area contributed by atoms with Crippen LogP contribution >= 0.6 is 45.8 Å². The SMILES string of the molecule is C#CCOc1c(I)cc(/C=N/NCc2c(Cl)cccc2Cl)cc1OCC. The molecule has 0 aliphatic rings. The molecule has 2 rings (SSSR count). The number of hydrogen-bond donors (Lipinski definition) is 1. The van der Waals surface area contributed by atoms with Crippen LogP contribution in [0.25, 0.3) is 0 Å². The number of terminal acetylenes is 1. The van der Waals surface area contributed by atoms with E-state index in [0.717, 1.165) is 14.7 Å². The first-order chi connectivity index (χ1) is 12.6. The van der Waals surface area contributed by atoms with E-state index in [1.54, 1.807) is 24.4 Å². The van der Waals surface area contributed by atoms with Gasteiger partial charge in [-0.25, -0.2) is 0 Å². The van der Waals surface area contributed by atoms with Crippen LogP contribution in [0.4, 0.5) is 0 Å². The highest BCUT2D eigenvalue weighted by Crippen LogP contribution is 2.33. The third-order valence-corrected chi connectivity index (χ3v) is 4.76. The third-order valence-electron chi connectivity index (χ3n) is 3.25. The van der Waals surface area contributed by atoms with E-state index in [0.29, 0.717) is 34.7 Å². The van der Waals surface area contributed by atoms with Crippen LogP contribution in [0.5, 0.6) is 11.5 Å². The minimum Gasteiger partial charge on any atom is -0.490 e. The van der Waals surface area contributed by atoms with E-state index in [1.165, 1.54) is 0 Å². The Morgan fingerprint density at radius 1 is 1.27 bits per heavy atom. The molecule has 0 aromatic heterocycles. The molecule has 136 valence electrons. The van der Waals surface area contributed by atoms with E-state index in [2.05, 4.69) is 39.0 Å². The van der Waals surface area contributed by atoms with Crippen molar-refractivity contribution in [1.82, 2.24) is 5.43 Å². The van der Waals surface area contributed by atoms with Gasteiger partial charge in [-0.1, -0.05) is 35.2 Å². The lowest BCUT2D eigenvalue weighted by molar-refractivity contribution is 0.298. The fourth-order valence-corrected chi connectivity index (χ4v) is 3.44. The summed E-state index contributed by atoms with van der Waals surface area (Å²) in [6.45, 7) is 3.04. The van der Waals surface area contributed by atoms with Crippen molar-refractivity contribution in [3.63, 3.8) is 0 Å². The van der Waals surface area contributed by atoms with Crippen molar-refractivity contribution in [2.24, 2.45) is 5.10 Å². The molecule has 0 amide bonds. The molecule has 0 fully saturated rings. The van der Waals surface area contributed by atoms with Crippen molar-refractivity contribution in [3.05, 3.63) is 55.1 Å². The highest BCUT2D eigenvalue weighted by molar-refractivity contribution is 14.1. The average molecular weight is 503 g/mol. The van der Waals surface area contributed by atoms with Gasteiger partial charge in [0.25, 0.3) is 0 Å². The first kappa shape index (κ1) is 20.7. The van der Waals surface area contributed by atoms with Gasteiger partial charge in [-0.05, 0) is 59.3 Å². The van der Waals surface area contributed by atoms with E-state index in [-0.39, 0.29) is 6.61 Å². The highest BCUT2D eigenvalue weighted by atomic mass is 127. The van der Waals surface area contributed by atoms with Crippen molar-refractivity contribution in [3.8, 4) is 23.8 Å². The molecule has 0 saturated carbocycles. The minimum absolute atomic E-state index is 0.184. The van der Waals surface area contributed by atoms with Crippen molar-refractivity contribution < 1.29 is 9.47 Å². The standard InChI is InChI=1S/C19H17Cl2IN2O2/c1-3-8-26-19-17(22)9-13(10-18(19)25-4-2)11-23-24-12-14-15(20)6-5-7-16(14)21/h1,5-7,9-11,24H,4,8,12H2,2H3/b23-11+. The van der Waals surface area contributed by atoms with E-state index in [9.17, 15) is 0 Å². The lowest BCUT2D eigenvalue weighted by Crippen LogP contribution is -2.07. The van der Waals surface area contributed by atoms with E-state index in [1.807, 2.05) is 19.1 Å². The molecular weight excluding hydrogens is 486 g/mol. The number of nitrogens with zero attached hydrogens (tertiary/aromatic N) is 1. The number of benzene rings is 2. The second kappa shape index (κ2) is 10.5. The summed E-state index contributed by atoms with van der Waals surface area (Å²) in [5, 5.41) is 5.43. The van der Waals surface area contributed by atoms with Gasteiger partial charge in [0.05, 0.1) is 22.9 Å². The Hall–Kier alpha value is -1.62. The summed E-state index contributed by atoms with van der Waals surface area (Å²) in [6, 6.07) is 9.17. The van der Waals surface area contributed by atoms with Gasteiger partial charge in [-0.2, -0.15) is 5.10 Å². The van der Waals surface area contributed by atoms with Crippen LogP contribution in [0, 0.1) is 15.9 Å². The topological polar surface area (TPSA) is 42.8 Å². The normalized spacial score (nSPS) is 10.6. The Balaban J connectivity index is 2.11. The maximum atomic E-state index is 6.14. The molecular formula is C19H17Cl2IN2O2. The Kier molecular flexibility index (Phi) is 8.36. The fraction of sp³-hybridized carbons (Fsp3) is 0.211. The second-order valence-electron chi connectivity index (χ2n) is 5.05. The molecule has 2 aromatic carbocycles. The predicted octanol–water partition coefficient (Wildman–Crippen LogP) is 5.13. The molecule has 0 heterocycles. The molecule has 7 heteroatoms. The average Bonchev–Trinajstić information content (AvgIpc) is 2.60. The minimum atomic E-state index is 0.184. The molecule has 0 atom stereocenters. The van der Waals surface area contributed by atoms with Gasteiger partial charge in [0, 0.05) is 15.6 Å². The molecule has 4 nitrogen and oxygen atoms in total. The van der Waals surface area contributed by atoms with E-state index >= 15 is 0 Å². The first-order valence-corrected chi connectivity index (χ1v) is 9.61. The van der Waals surface area contributed by atoms with Gasteiger partial charge in [-0.3, -0.25) is 0 Å². The Morgan fingerprint density at radius 3 is 2.65 bits per heavy atom. The number of hydrazone groups is 1. The molecule has 0 bridgehead atoms.